The molecule has 2 N–H and O–H groups in total. The van der Waals surface area contributed by atoms with Crippen LogP contribution in [0.2, 0.25) is 0 Å². The third-order valence-corrected chi connectivity index (χ3v) is 7.58. The Balaban J connectivity index is 1.85. The van der Waals surface area contributed by atoms with Crippen LogP contribution < -0.4 is 10.0 Å². The van der Waals surface area contributed by atoms with Crippen LogP contribution in [0.25, 0.3) is 0 Å². The summed E-state index contributed by atoms with van der Waals surface area (Å²) in [6, 6.07) is 18.9. The van der Waals surface area contributed by atoms with Gasteiger partial charge in [-0.1, -0.05) is 42.5 Å². The number of thiophene rings is 1. The van der Waals surface area contributed by atoms with Gasteiger partial charge in [0.05, 0.1) is 3.79 Å². The van der Waals surface area contributed by atoms with Crippen molar-refractivity contribution in [3.05, 3.63) is 81.6 Å². The summed E-state index contributed by atoms with van der Waals surface area (Å²) >= 11 is 4.37. The van der Waals surface area contributed by atoms with Crippen molar-refractivity contribution in [1.82, 2.24) is 4.72 Å². The quantitative estimate of drug-likeness (QED) is 0.529. The molecule has 3 rings (SSSR count). The second-order valence-electron chi connectivity index (χ2n) is 6.28. The number of hydrogen-bond acceptors (Lipinski definition) is 4. The molecule has 5 nitrogen and oxygen atoms in total. The van der Waals surface area contributed by atoms with Crippen LogP contribution in [0.1, 0.15) is 11.1 Å². The molecule has 8 heteroatoms. The highest BCUT2D eigenvalue weighted by atomic mass is 79.9. The predicted octanol–water partition coefficient (Wildman–Crippen LogP) is 4.35. The first-order valence-electron chi connectivity index (χ1n) is 8.52. The summed E-state index contributed by atoms with van der Waals surface area (Å²) in [7, 11) is -3.83. The molecule has 1 heterocycles. The second-order valence-corrected chi connectivity index (χ2v) is 10.7. The molecule has 1 amide bonds. The van der Waals surface area contributed by atoms with Crippen molar-refractivity contribution < 1.29 is 13.2 Å². The molecule has 0 fully saturated rings. The molecule has 0 saturated heterocycles. The maximum atomic E-state index is 12.9. The van der Waals surface area contributed by atoms with E-state index in [1.165, 1.54) is 6.07 Å². The molecule has 28 heavy (non-hydrogen) atoms. The molecule has 0 saturated carbocycles. The van der Waals surface area contributed by atoms with E-state index in [0.29, 0.717) is 9.47 Å². The van der Waals surface area contributed by atoms with Gasteiger partial charge in [-0.05, 0) is 64.7 Å². The van der Waals surface area contributed by atoms with E-state index in [0.717, 1.165) is 22.5 Å². The molecule has 0 radical (unpaired) electrons. The molecule has 2 aromatic carbocycles. The minimum atomic E-state index is -3.83. The topological polar surface area (TPSA) is 75.3 Å². The van der Waals surface area contributed by atoms with E-state index in [9.17, 15) is 13.2 Å². The van der Waals surface area contributed by atoms with Crippen molar-refractivity contribution in [2.45, 2.75) is 23.6 Å². The number of carbonyl (C=O) groups is 1. The Morgan fingerprint density at radius 2 is 1.82 bits per heavy atom. The van der Waals surface area contributed by atoms with Crippen LogP contribution in [0.4, 0.5) is 5.69 Å². The molecule has 0 unspecified atom stereocenters. The molecule has 0 aliphatic heterocycles. The lowest BCUT2D eigenvalue weighted by Gasteiger charge is -2.18. The van der Waals surface area contributed by atoms with Gasteiger partial charge in [0.25, 0.3) is 10.0 Å². The summed E-state index contributed by atoms with van der Waals surface area (Å²) in [6.45, 7) is 1.93. The van der Waals surface area contributed by atoms with E-state index in [1.807, 2.05) is 55.5 Å². The molecule has 146 valence electrons. The van der Waals surface area contributed by atoms with Crippen LogP contribution in [0, 0.1) is 6.92 Å². The highest BCUT2D eigenvalue weighted by Gasteiger charge is 2.27. The number of aryl methyl sites for hydroxylation is 1. The van der Waals surface area contributed by atoms with Crippen molar-refractivity contribution in [2.75, 3.05) is 5.32 Å². The molecule has 3 aromatic rings. The Labute approximate surface area is 177 Å². The number of hydrogen-bond donors (Lipinski definition) is 2. The fourth-order valence-corrected chi connectivity index (χ4v) is 5.90. The molecule has 0 aliphatic rings. The third-order valence-electron chi connectivity index (χ3n) is 4.00. The molecule has 0 aliphatic carbocycles. The highest BCUT2D eigenvalue weighted by molar-refractivity contribution is 9.11. The Bertz CT molecular complexity index is 1070. The first-order chi connectivity index (χ1) is 13.3. The normalized spacial score (nSPS) is 12.5. The number of carbonyl (C=O) groups excluding carboxylic acids is 1. The monoisotopic (exact) mass is 478 g/mol. The summed E-state index contributed by atoms with van der Waals surface area (Å²) in [4.78, 5) is 12.9. The lowest BCUT2D eigenvalue weighted by atomic mass is 10.1. The summed E-state index contributed by atoms with van der Waals surface area (Å²) in [6.07, 6.45) is 0.240. The number of amides is 1. The number of nitrogens with one attached hydrogen (secondary N) is 2. The van der Waals surface area contributed by atoms with Gasteiger partial charge < -0.3 is 5.32 Å². The van der Waals surface area contributed by atoms with Gasteiger partial charge in [-0.3, -0.25) is 4.79 Å². The number of sulfonamides is 1. The van der Waals surface area contributed by atoms with Gasteiger partial charge in [0.2, 0.25) is 5.91 Å². The number of anilines is 1. The molecule has 1 atom stereocenters. The molecule has 0 bridgehead atoms. The maximum absolute atomic E-state index is 12.9. The van der Waals surface area contributed by atoms with Gasteiger partial charge in [-0.15, -0.1) is 11.3 Å². The van der Waals surface area contributed by atoms with Crippen LogP contribution in [-0.2, 0) is 21.2 Å². The Hall–Kier alpha value is -2.00. The van der Waals surface area contributed by atoms with Crippen molar-refractivity contribution >= 4 is 48.9 Å². The Morgan fingerprint density at radius 1 is 1.07 bits per heavy atom. The first kappa shape index (κ1) is 20.7. The summed E-state index contributed by atoms with van der Waals surface area (Å²) in [5, 5.41) is 2.81. The fourth-order valence-electron chi connectivity index (χ4n) is 2.68. The van der Waals surface area contributed by atoms with Crippen molar-refractivity contribution in [2.24, 2.45) is 0 Å². The standard InChI is InChI=1S/C20H19BrN2O3S2/c1-14-6-5-9-16(12-14)22-20(24)17(13-15-7-3-2-4-8-15)23-28(25,26)19-11-10-18(21)27-19/h2-12,17,23H,13H2,1H3,(H,22,24)/t17-/m1/s1. The number of halogens is 1. The van der Waals surface area contributed by atoms with Gasteiger partial charge >= 0.3 is 0 Å². The van der Waals surface area contributed by atoms with Crippen molar-refractivity contribution in [1.29, 1.82) is 0 Å². The minimum absolute atomic E-state index is 0.154. The van der Waals surface area contributed by atoms with Gasteiger partial charge in [0, 0.05) is 5.69 Å². The van der Waals surface area contributed by atoms with Crippen molar-refractivity contribution in [3.8, 4) is 0 Å². The van der Waals surface area contributed by atoms with E-state index in [-0.39, 0.29) is 10.6 Å². The fraction of sp³-hybridized carbons (Fsp3) is 0.150. The summed E-state index contributed by atoms with van der Waals surface area (Å²) in [5.74, 6) is -0.409. The number of benzene rings is 2. The van der Waals surface area contributed by atoms with E-state index < -0.39 is 22.0 Å². The maximum Gasteiger partial charge on any atom is 0.250 e. The second kappa shape index (κ2) is 9.00. The minimum Gasteiger partial charge on any atom is -0.325 e. The Kier molecular flexibility index (Phi) is 6.66. The summed E-state index contributed by atoms with van der Waals surface area (Å²) in [5.41, 5.74) is 2.49. The van der Waals surface area contributed by atoms with E-state index >= 15 is 0 Å². The van der Waals surface area contributed by atoms with Gasteiger partial charge in [0.15, 0.2) is 0 Å². The average molecular weight is 479 g/mol. The van der Waals surface area contributed by atoms with Gasteiger partial charge in [-0.2, -0.15) is 4.72 Å². The SMILES string of the molecule is Cc1cccc(NC(=O)[C@@H](Cc2ccccc2)NS(=O)(=O)c2ccc(Br)s2)c1. The van der Waals surface area contributed by atoms with E-state index in [2.05, 4.69) is 26.0 Å². The van der Waals surface area contributed by atoms with Crippen LogP contribution >= 0.6 is 27.3 Å². The van der Waals surface area contributed by atoms with E-state index in [4.69, 9.17) is 0 Å². The smallest absolute Gasteiger partial charge is 0.250 e. The average Bonchev–Trinajstić information content (AvgIpc) is 3.09. The number of rotatable bonds is 7. The van der Waals surface area contributed by atoms with Gasteiger partial charge in [-0.25, -0.2) is 8.42 Å². The highest BCUT2D eigenvalue weighted by Crippen LogP contribution is 2.26. The lowest BCUT2D eigenvalue weighted by Crippen LogP contribution is -2.45. The predicted molar refractivity (Wildman–Crippen MR) is 116 cm³/mol. The lowest BCUT2D eigenvalue weighted by molar-refractivity contribution is -0.117. The van der Waals surface area contributed by atoms with Crippen LogP contribution in [0.5, 0.6) is 0 Å². The van der Waals surface area contributed by atoms with Crippen LogP contribution in [0.15, 0.2) is 74.7 Å². The molecule has 1 aromatic heterocycles. The summed E-state index contributed by atoms with van der Waals surface area (Å²) < 4.78 is 28.9. The zero-order chi connectivity index (χ0) is 20.1. The largest absolute Gasteiger partial charge is 0.325 e. The molecular weight excluding hydrogens is 460 g/mol. The first-order valence-corrected chi connectivity index (χ1v) is 11.6. The van der Waals surface area contributed by atoms with Gasteiger partial charge in [0.1, 0.15) is 10.3 Å². The van der Waals surface area contributed by atoms with Crippen molar-refractivity contribution in [3.63, 3.8) is 0 Å². The zero-order valence-corrected chi connectivity index (χ0v) is 18.3. The molecule has 0 spiro atoms. The van der Waals surface area contributed by atoms with E-state index in [1.54, 1.807) is 12.1 Å². The molecular formula is C20H19BrN2O3S2. The Morgan fingerprint density at radius 3 is 2.46 bits per heavy atom. The van der Waals surface area contributed by atoms with Crippen LogP contribution in [0.3, 0.4) is 0 Å². The zero-order valence-electron chi connectivity index (χ0n) is 15.1. The third kappa shape index (κ3) is 5.51. The van der Waals surface area contributed by atoms with Crippen LogP contribution in [-0.4, -0.2) is 20.4 Å².